The van der Waals surface area contributed by atoms with Crippen molar-refractivity contribution in [1.29, 1.82) is 0 Å². The van der Waals surface area contributed by atoms with Crippen LogP contribution in [0.1, 0.15) is 24.1 Å². The zero-order valence-corrected chi connectivity index (χ0v) is 14.4. The van der Waals surface area contributed by atoms with Crippen LogP contribution in [0.2, 0.25) is 5.02 Å². The fourth-order valence-electron chi connectivity index (χ4n) is 2.29. The predicted octanol–water partition coefficient (Wildman–Crippen LogP) is 4.78. The van der Waals surface area contributed by atoms with E-state index in [9.17, 15) is 14.9 Å². The SMILES string of the molecule is Cc1ccc(NC(=O)N(C)C(C)c2ccccc2Cl)cc1[N+](=O)[O-]. The molecule has 1 unspecified atom stereocenters. The molecule has 0 heterocycles. The third kappa shape index (κ3) is 3.83. The Morgan fingerprint density at radius 2 is 1.96 bits per heavy atom. The Balaban J connectivity index is 2.16. The van der Waals surface area contributed by atoms with Gasteiger partial charge in [0.25, 0.3) is 5.69 Å². The third-order valence-corrected chi connectivity index (χ3v) is 4.26. The molecule has 0 radical (unpaired) electrons. The minimum Gasteiger partial charge on any atom is -0.321 e. The molecule has 2 amide bonds. The first-order chi connectivity index (χ1) is 11.3. The Hall–Kier alpha value is -2.60. The van der Waals surface area contributed by atoms with Gasteiger partial charge in [-0.25, -0.2) is 4.79 Å². The molecule has 0 spiro atoms. The van der Waals surface area contributed by atoms with Crippen molar-refractivity contribution in [2.75, 3.05) is 12.4 Å². The number of hydrogen-bond acceptors (Lipinski definition) is 3. The van der Waals surface area contributed by atoms with Gasteiger partial charge < -0.3 is 10.2 Å². The monoisotopic (exact) mass is 347 g/mol. The number of nitrogens with zero attached hydrogens (tertiary/aromatic N) is 2. The van der Waals surface area contributed by atoms with Crippen molar-refractivity contribution in [2.45, 2.75) is 19.9 Å². The van der Waals surface area contributed by atoms with Crippen LogP contribution in [0.5, 0.6) is 0 Å². The number of rotatable bonds is 4. The number of benzene rings is 2. The second-order valence-electron chi connectivity index (χ2n) is 5.50. The average Bonchev–Trinajstić information content (AvgIpc) is 2.55. The van der Waals surface area contributed by atoms with E-state index in [1.807, 2.05) is 25.1 Å². The summed E-state index contributed by atoms with van der Waals surface area (Å²) < 4.78 is 0. The summed E-state index contributed by atoms with van der Waals surface area (Å²) in [6, 6.07) is 11.3. The van der Waals surface area contributed by atoms with E-state index in [0.29, 0.717) is 16.3 Å². The summed E-state index contributed by atoms with van der Waals surface area (Å²) in [5.41, 5.74) is 1.70. The quantitative estimate of drug-likeness (QED) is 0.638. The first kappa shape index (κ1) is 17.7. The molecule has 0 aromatic heterocycles. The van der Waals surface area contributed by atoms with Crippen molar-refractivity contribution in [3.8, 4) is 0 Å². The molecule has 2 aromatic rings. The molecule has 2 aromatic carbocycles. The lowest BCUT2D eigenvalue weighted by atomic mass is 10.1. The first-order valence-electron chi connectivity index (χ1n) is 7.34. The van der Waals surface area contributed by atoms with Crippen LogP contribution >= 0.6 is 11.6 Å². The van der Waals surface area contributed by atoms with Gasteiger partial charge in [0.1, 0.15) is 0 Å². The Morgan fingerprint density at radius 1 is 1.29 bits per heavy atom. The van der Waals surface area contributed by atoms with Crippen LogP contribution in [-0.2, 0) is 0 Å². The molecule has 0 aliphatic rings. The molecule has 1 N–H and O–H groups in total. The molecule has 0 fully saturated rings. The standard InChI is InChI=1S/C17H18ClN3O3/c1-11-8-9-13(10-16(11)21(23)24)19-17(22)20(3)12(2)14-6-4-5-7-15(14)18/h4-10,12H,1-3H3,(H,19,22). The molecule has 24 heavy (non-hydrogen) atoms. The normalized spacial score (nSPS) is 11.7. The second kappa shape index (κ2) is 7.31. The zero-order valence-electron chi connectivity index (χ0n) is 13.6. The van der Waals surface area contributed by atoms with Gasteiger partial charge in [-0.2, -0.15) is 0 Å². The maximum Gasteiger partial charge on any atom is 0.322 e. The fraction of sp³-hybridized carbons (Fsp3) is 0.235. The van der Waals surface area contributed by atoms with Gasteiger partial charge in [0.2, 0.25) is 0 Å². The number of urea groups is 1. The number of amides is 2. The van der Waals surface area contributed by atoms with Crippen LogP contribution in [0.25, 0.3) is 0 Å². The number of nitrogens with one attached hydrogen (secondary N) is 1. The molecule has 1 atom stereocenters. The van der Waals surface area contributed by atoms with Crippen LogP contribution in [0, 0.1) is 17.0 Å². The van der Waals surface area contributed by atoms with E-state index in [4.69, 9.17) is 11.6 Å². The van der Waals surface area contributed by atoms with E-state index >= 15 is 0 Å². The summed E-state index contributed by atoms with van der Waals surface area (Å²) in [5.74, 6) is 0. The minimum atomic E-state index is -0.471. The number of anilines is 1. The maximum atomic E-state index is 12.4. The van der Waals surface area contributed by atoms with Gasteiger partial charge in [0.05, 0.1) is 11.0 Å². The van der Waals surface area contributed by atoms with E-state index in [1.165, 1.54) is 11.0 Å². The van der Waals surface area contributed by atoms with Gasteiger partial charge in [-0.05, 0) is 31.5 Å². The molecule has 0 saturated carbocycles. The summed E-state index contributed by atoms with van der Waals surface area (Å²) >= 11 is 6.17. The number of nitro groups is 1. The molecule has 7 heteroatoms. The highest BCUT2D eigenvalue weighted by Gasteiger charge is 2.20. The van der Waals surface area contributed by atoms with Crippen LogP contribution in [0.3, 0.4) is 0 Å². The number of hydrogen-bond donors (Lipinski definition) is 1. The summed E-state index contributed by atoms with van der Waals surface area (Å²) in [7, 11) is 1.64. The van der Waals surface area contributed by atoms with Gasteiger partial charge in [-0.1, -0.05) is 35.9 Å². The summed E-state index contributed by atoms with van der Waals surface area (Å²) in [4.78, 5) is 24.4. The molecule has 6 nitrogen and oxygen atoms in total. The van der Waals surface area contributed by atoms with Crippen LogP contribution in [-0.4, -0.2) is 22.9 Å². The van der Waals surface area contributed by atoms with E-state index in [-0.39, 0.29) is 17.8 Å². The first-order valence-corrected chi connectivity index (χ1v) is 7.72. The van der Waals surface area contributed by atoms with Gasteiger partial charge in [-0.15, -0.1) is 0 Å². The Bertz CT molecular complexity index is 779. The van der Waals surface area contributed by atoms with E-state index < -0.39 is 4.92 Å². The number of aryl methyl sites for hydroxylation is 1. The topological polar surface area (TPSA) is 75.5 Å². The lowest BCUT2D eigenvalue weighted by Crippen LogP contribution is -2.33. The number of nitro benzene ring substituents is 1. The van der Waals surface area contributed by atoms with Crippen molar-refractivity contribution in [3.05, 3.63) is 68.7 Å². The number of halogens is 1. The van der Waals surface area contributed by atoms with Crippen molar-refractivity contribution in [2.24, 2.45) is 0 Å². The van der Waals surface area contributed by atoms with Crippen LogP contribution < -0.4 is 5.32 Å². The van der Waals surface area contributed by atoms with Crippen molar-refractivity contribution in [1.82, 2.24) is 4.90 Å². The fourth-order valence-corrected chi connectivity index (χ4v) is 2.59. The summed E-state index contributed by atoms with van der Waals surface area (Å²) in [6.45, 7) is 3.51. The lowest BCUT2D eigenvalue weighted by molar-refractivity contribution is -0.385. The second-order valence-corrected chi connectivity index (χ2v) is 5.90. The highest BCUT2D eigenvalue weighted by Crippen LogP contribution is 2.27. The van der Waals surface area contributed by atoms with Gasteiger partial charge in [0.15, 0.2) is 0 Å². The molecular weight excluding hydrogens is 330 g/mol. The zero-order chi connectivity index (χ0) is 17.9. The predicted molar refractivity (Wildman–Crippen MR) is 94.5 cm³/mol. The smallest absolute Gasteiger partial charge is 0.321 e. The third-order valence-electron chi connectivity index (χ3n) is 3.91. The van der Waals surface area contributed by atoms with E-state index in [0.717, 1.165) is 5.56 Å². The highest BCUT2D eigenvalue weighted by molar-refractivity contribution is 6.31. The molecule has 0 aliphatic heterocycles. The summed E-state index contributed by atoms with van der Waals surface area (Å²) in [5, 5.41) is 14.2. The molecular formula is C17H18ClN3O3. The summed E-state index contributed by atoms with van der Waals surface area (Å²) in [6.07, 6.45) is 0. The molecule has 0 saturated heterocycles. The highest BCUT2D eigenvalue weighted by atomic mass is 35.5. The number of carbonyl (C=O) groups is 1. The van der Waals surface area contributed by atoms with E-state index in [1.54, 1.807) is 32.2 Å². The molecule has 126 valence electrons. The lowest BCUT2D eigenvalue weighted by Gasteiger charge is -2.26. The molecule has 2 rings (SSSR count). The Labute approximate surface area is 145 Å². The van der Waals surface area contributed by atoms with Crippen molar-refractivity contribution < 1.29 is 9.72 Å². The molecule has 0 bridgehead atoms. The molecule has 0 aliphatic carbocycles. The van der Waals surface area contributed by atoms with Gasteiger partial charge >= 0.3 is 6.03 Å². The Kier molecular flexibility index (Phi) is 5.41. The van der Waals surface area contributed by atoms with Crippen LogP contribution in [0.4, 0.5) is 16.2 Å². The van der Waals surface area contributed by atoms with E-state index in [2.05, 4.69) is 5.32 Å². The minimum absolute atomic E-state index is 0.0328. The largest absolute Gasteiger partial charge is 0.322 e. The van der Waals surface area contributed by atoms with Crippen molar-refractivity contribution in [3.63, 3.8) is 0 Å². The van der Waals surface area contributed by atoms with Crippen molar-refractivity contribution >= 4 is 29.0 Å². The van der Waals surface area contributed by atoms with Gasteiger partial charge in [0, 0.05) is 29.4 Å². The average molecular weight is 348 g/mol. The van der Waals surface area contributed by atoms with Crippen LogP contribution in [0.15, 0.2) is 42.5 Å². The Morgan fingerprint density at radius 3 is 2.58 bits per heavy atom. The van der Waals surface area contributed by atoms with Gasteiger partial charge in [-0.3, -0.25) is 10.1 Å². The maximum absolute atomic E-state index is 12.4. The number of carbonyl (C=O) groups excluding carboxylic acids is 1.